The molecule has 1 aliphatic rings. The van der Waals surface area contributed by atoms with Crippen LogP contribution in [0.15, 0.2) is 47.6 Å². The van der Waals surface area contributed by atoms with Crippen molar-refractivity contribution in [3.63, 3.8) is 0 Å². The Labute approximate surface area is 185 Å². The molecule has 1 atom stereocenters. The quantitative estimate of drug-likeness (QED) is 0.366. The molecule has 0 spiro atoms. The summed E-state index contributed by atoms with van der Waals surface area (Å²) in [5.74, 6) is 2.74. The number of anilines is 1. The van der Waals surface area contributed by atoms with Crippen LogP contribution in [0.3, 0.4) is 0 Å². The molecule has 2 N–H and O–H groups in total. The largest absolute Gasteiger partial charge is 0.497 e. The van der Waals surface area contributed by atoms with Crippen molar-refractivity contribution in [1.29, 1.82) is 0 Å². The summed E-state index contributed by atoms with van der Waals surface area (Å²) in [4.78, 5) is 11.2. The monoisotopic (exact) mass is 425 g/mol. The summed E-state index contributed by atoms with van der Waals surface area (Å²) in [6.45, 7) is 6.21. The molecule has 1 fully saturated rings. The number of ether oxygens (including phenoxy) is 2. The third kappa shape index (κ3) is 7.43. The number of guanidine groups is 1. The molecule has 0 bridgehead atoms. The van der Waals surface area contributed by atoms with Gasteiger partial charge < -0.3 is 25.0 Å². The number of unbranched alkanes of at least 4 members (excludes halogenated alkanes) is 1. The highest BCUT2D eigenvalue weighted by Crippen LogP contribution is 2.16. The fourth-order valence-electron chi connectivity index (χ4n) is 3.63. The number of nitrogens with zero attached hydrogens (tertiary/aromatic N) is 3. The molecular weight excluding hydrogens is 390 g/mol. The number of pyridine rings is 1. The summed E-state index contributed by atoms with van der Waals surface area (Å²) in [6.07, 6.45) is 5.40. The Kier molecular flexibility index (Phi) is 8.97. The fourth-order valence-corrected chi connectivity index (χ4v) is 3.63. The van der Waals surface area contributed by atoms with Crippen LogP contribution < -0.4 is 20.3 Å². The van der Waals surface area contributed by atoms with Crippen LogP contribution in [0.25, 0.3) is 0 Å². The van der Waals surface area contributed by atoms with E-state index in [0.717, 1.165) is 63.0 Å². The number of aromatic nitrogens is 1. The van der Waals surface area contributed by atoms with E-state index in [4.69, 9.17) is 9.47 Å². The maximum atomic E-state index is 5.63. The van der Waals surface area contributed by atoms with Gasteiger partial charge in [0, 0.05) is 39.4 Å². The predicted octanol–water partition coefficient (Wildman–Crippen LogP) is 3.00. The van der Waals surface area contributed by atoms with Gasteiger partial charge in [0.2, 0.25) is 0 Å². The lowest BCUT2D eigenvalue weighted by Crippen LogP contribution is -2.41. The molecule has 3 rings (SSSR count). The van der Waals surface area contributed by atoms with Gasteiger partial charge in [0.1, 0.15) is 11.6 Å². The van der Waals surface area contributed by atoms with Crippen molar-refractivity contribution in [2.75, 3.05) is 45.3 Å². The second-order valence-electron chi connectivity index (χ2n) is 7.81. The second kappa shape index (κ2) is 12.2. The molecule has 1 aliphatic heterocycles. The minimum Gasteiger partial charge on any atom is -0.497 e. The molecule has 0 radical (unpaired) electrons. The minimum absolute atomic E-state index is 0.241. The number of benzene rings is 1. The Morgan fingerprint density at radius 1 is 1.19 bits per heavy atom. The van der Waals surface area contributed by atoms with E-state index in [0.29, 0.717) is 6.54 Å². The van der Waals surface area contributed by atoms with Gasteiger partial charge in [0.05, 0.1) is 19.8 Å². The van der Waals surface area contributed by atoms with Crippen LogP contribution in [-0.2, 0) is 17.7 Å². The van der Waals surface area contributed by atoms with Gasteiger partial charge in [-0.05, 0) is 61.6 Å². The number of hydrogen-bond donors (Lipinski definition) is 2. The Hall–Kier alpha value is -2.80. The number of hydrogen-bond acceptors (Lipinski definition) is 5. The van der Waals surface area contributed by atoms with Gasteiger partial charge >= 0.3 is 0 Å². The van der Waals surface area contributed by atoms with Gasteiger partial charge in [0.25, 0.3) is 0 Å². The Morgan fingerprint density at radius 3 is 2.77 bits per heavy atom. The third-order valence-corrected chi connectivity index (χ3v) is 5.40. The Bertz CT molecular complexity index is 825. The lowest BCUT2D eigenvalue weighted by Gasteiger charge is -2.32. The predicted molar refractivity (Wildman–Crippen MR) is 126 cm³/mol. The highest BCUT2D eigenvalue weighted by atomic mass is 16.5. The zero-order valence-electron chi connectivity index (χ0n) is 18.9. The van der Waals surface area contributed by atoms with Gasteiger partial charge in [-0.2, -0.15) is 0 Å². The van der Waals surface area contributed by atoms with E-state index in [1.165, 1.54) is 11.1 Å². The zero-order chi connectivity index (χ0) is 21.9. The van der Waals surface area contributed by atoms with E-state index in [1.54, 1.807) is 14.2 Å². The van der Waals surface area contributed by atoms with Gasteiger partial charge in [0.15, 0.2) is 5.96 Å². The number of aliphatic imine (C=N–C) groups is 1. The van der Waals surface area contributed by atoms with Crippen molar-refractivity contribution >= 4 is 11.8 Å². The van der Waals surface area contributed by atoms with E-state index in [9.17, 15) is 0 Å². The molecule has 2 aromatic rings. The van der Waals surface area contributed by atoms with Crippen molar-refractivity contribution in [3.8, 4) is 5.75 Å². The van der Waals surface area contributed by atoms with Crippen LogP contribution in [0, 0.1) is 0 Å². The number of morpholine rings is 1. The molecule has 31 heavy (non-hydrogen) atoms. The van der Waals surface area contributed by atoms with Crippen molar-refractivity contribution in [3.05, 3.63) is 53.7 Å². The minimum atomic E-state index is 0.241. The van der Waals surface area contributed by atoms with Crippen LogP contribution in [0.1, 0.15) is 30.9 Å². The van der Waals surface area contributed by atoms with Gasteiger partial charge in [-0.3, -0.25) is 4.99 Å². The Morgan fingerprint density at radius 2 is 2.03 bits per heavy atom. The zero-order valence-corrected chi connectivity index (χ0v) is 18.9. The van der Waals surface area contributed by atoms with Gasteiger partial charge in [-0.25, -0.2) is 4.98 Å². The number of methoxy groups -OCH3 is 1. The summed E-state index contributed by atoms with van der Waals surface area (Å²) in [5, 5.41) is 6.80. The summed E-state index contributed by atoms with van der Waals surface area (Å²) in [7, 11) is 3.50. The summed E-state index contributed by atoms with van der Waals surface area (Å²) in [5.41, 5.74) is 2.53. The third-order valence-electron chi connectivity index (χ3n) is 5.40. The van der Waals surface area contributed by atoms with Crippen LogP contribution in [0.4, 0.5) is 5.82 Å². The number of nitrogens with one attached hydrogen (secondary N) is 2. The number of aryl methyl sites for hydroxylation is 1. The second-order valence-corrected chi connectivity index (χ2v) is 7.81. The molecular formula is C24H35N5O2. The average Bonchev–Trinajstić information content (AvgIpc) is 2.81. The van der Waals surface area contributed by atoms with Crippen molar-refractivity contribution < 1.29 is 9.47 Å². The lowest BCUT2D eigenvalue weighted by molar-refractivity contribution is 0.0529. The molecule has 168 valence electrons. The van der Waals surface area contributed by atoms with Crippen LogP contribution in [-0.4, -0.2) is 57.4 Å². The number of rotatable bonds is 9. The van der Waals surface area contributed by atoms with Crippen molar-refractivity contribution in [1.82, 2.24) is 15.6 Å². The maximum Gasteiger partial charge on any atom is 0.191 e. The molecule has 1 saturated heterocycles. The highest BCUT2D eigenvalue weighted by molar-refractivity contribution is 5.79. The molecule has 7 nitrogen and oxygen atoms in total. The topological polar surface area (TPSA) is 71.0 Å². The smallest absolute Gasteiger partial charge is 0.191 e. The molecule has 0 saturated carbocycles. The molecule has 7 heteroatoms. The standard InChI is InChI=1S/C24H35N5O2/c1-19-18-29(14-15-31-19)23-16-21(11-13-26-23)17-28-24(25-2)27-12-5-4-6-20-7-9-22(30-3)10-8-20/h7-11,13,16,19H,4-6,12,14-15,17-18H2,1-3H3,(H2,25,27,28). The van der Waals surface area contributed by atoms with Crippen molar-refractivity contribution in [2.24, 2.45) is 4.99 Å². The Balaban J connectivity index is 1.37. The normalized spacial score (nSPS) is 16.8. The molecule has 1 unspecified atom stereocenters. The SMILES string of the molecule is CN=C(NCCCCc1ccc(OC)cc1)NCc1ccnc(N2CCOC(C)C2)c1. The first-order chi connectivity index (χ1) is 15.2. The first kappa shape index (κ1) is 22.9. The van der Waals surface area contributed by atoms with E-state index < -0.39 is 0 Å². The molecule has 1 aromatic carbocycles. The van der Waals surface area contributed by atoms with Crippen LogP contribution in [0.5, 0.6) is 5.75 Å². The first-order valence-electron chi connectivity index (χ1n) is 11.1. The van der Waals surface area contributed by atoms with E-state index in [-0.39, 0.29) is 6.10 Å². The average molecular weight is 426 g/mol. The lowest BCUT2D eigenvalue weighted by atomic mass is 10.1. The highest BCUT2D eigenvalue weighted by Gasteiger charge is 2.18. The van der Waals surface area contributed by atoms with Crippen molar-refractivity contribution in [2.45, 2.75) is 38.8 Å². The van der Waals surface area contributed by atoms with Gasteiger partial charge in [-0.1, -0.05) is 12.1 Å². The summed E-state index contributed by atoms with van der Waals surface area (Å²) < 4.78 is 10.8. The molecule has 0 aliphatic carbocycles. The summed E-state index contributed by atoms with van der Waals surface area (Å²) in [6, 6.07) is 12.5. The molecule has 0 amide bonds. The molecule has 2 heterocycles. The fraction of sp³-hybridized carbons (Fsp3) is 0.500. The van der Waals surface area contributed by atoms with Gasteiger partial charge in [-0.15, -0.1) is 0 Å². The maximum absolute atomic E-state index is 5.63. The van der Waals surface area contributed by atoms with Crippen LogP contribution in [0.2, 0.25) is 0 Å². The summed E-state index contributed by atoms with van der Waals surface area (Å²) >= 11 is 0. The van der Waals surface area contributed by atoms with E-state index in [2.05, 4.69) is 50.6 Å². The van der Waals surface area contributed by atoms with E-state index >= 15 is 0 Å². The molecule has 1 aromatic heterocycles. The van der Waals surface area contributed by atoms with E-state index in [1.807, 2.05) is 24.4 Å². The first-order valence-corrected chi connectivity index (χ1v) is 11.1. The van der Waals surface area contributed by atoms with Crippen LogP contribution >= 0.6 is 0 Å².